The van der Waals surface area contributed by atoms with Gasteiger partial charge >= 0.3 is 5.97 Å². The highest BCUT2D eigenvalue weighted by atomic mass is 16.5. The maximum absolute atomic E-state index is 12.4. The summed E-state index contributed by atoms with van der Waals surface area (Å²) in [6.45, 7) is 2.05. The molecule has 0 spiro atoms. The summed E-state index contributed by atoms with van der Waals surface area (Å²) in [5.41, 5.74) is 1.63. The summed E-state index contributed by atoms with van der Waals surface area (Å²) in [6, 6.07) is 0. The molecule has 1 atom stereocenters. The quantitative estimate of drug-likeness (QED) is 0.826. The molecule has 1 fully saturated rings. The number of ether oxygens (including phenoxy) is 1. The van der Waals surface area contributed by atoms with Crippen molar-refractivity contribution >= 4 is 11.9 Å². The monoisotopic (exact) mass is 279 g/mol. The topological polar surface area (TPSA) is 84.7 Å². The highest BCUT2D eigenvalue weighted by Gasteiger charge is 2.33. The zero-order chi connectivity index (χ0) is 14.3. The Hall–Kier alpha value is -1.89. The van der Waals surface area contributed by atoms with E-state index in [0.29, 0.717) is 38.3 Å². The van der Waals surface area contributed by atoms with E-state index in [1.54, 1.807) is 16.6 Å². The van der Waals surface area contributed by atoms with E-state index in [1.807, 2.05) is 0 Å². The first-order valence-electron chi connectivity index (χ1n) is 6.72. The lowest BCUT2D eigenvalue weighted by Crippen LogP contribution is -2.40. The van der Waals surface area contributed by atoms with Crippen molar-refractivity contribution < 1.29 is 19.4 Å². The van der Waals surface area contributed by atoms with E-state index in [1.165, 1.54) is 0 Å². The fourth-order valence-electron chi connectivity index (χ4n) is 2.94. The predicted octanol–water partition coefficient (Wildman–Crippen LogP) is 0.0395. The predicted molar refractivity (Wildman–Crippen MR) is 68.2 cm³/mol. The van der Waals surface area contributed by atoms with Gasteiger partial charge in [0.15, 0.2) is 5.69 Å². The van der Waals surface area contributed by atoms with Crippen LogP contribution in [0.15, 0.2) is 0 Å². The molecule has 0 aliphatic carbocycles. The summed E-state index contributed by atoms with van der Waals surface area (Å²) >= 11 is 0. The van der Waals surface area contributed by atoms with Gasteiger partial charge < -0.3 is 14.7 Å². The van der Waals surface area contributed by atoms with Crippen LogP contribution in [-0.4, -0.2) is 51.4 Å². The number of rotatable bonds is 2. The maximum atomic E-state index is 12.4. The molecule has 1 aromatic heterocycles. The lowest BCUT2D eigenvalue weighted by molar-refractivity contribution is -0.136. The number of carboxylic acids is 1. The molecular formula is C13H17N3O4. The molecule has 1 saturated heterocycles. The SMILES string of the molecule is Cn1nc(C(=O)O)c2c1CCN(C(=O)[C@@H]1CCOC1)C2. The largest absolute Gasteiger partial charge is 0.476 e. The lowest BCUT2D eigenvalue weighted by atomic mass is 10.0. The minimum atomic E-state index is -1.04. The van der Waals surface area contributed by atoms with Crippen molar-refractivity contribution in [3.8, 4) is 0 Å². The lowest BCUT2D eigenvalue weighted by Gasteiger charge is -2.29. The van der Waals surface area contributed by atoms with Crippen LogP contribution in [0.3, 0.4) is 0 Å². The number of aromatic carboxylic acids is 1. The van der Waals surface area contributed by atoms with E-state index in [2.05, 4.69) is 5.10 Å². The molecule has 0 bridgehead atoms. The highest BCUT2D eigenvalue weighted by Crippen LogP contribution is 2.25. The zero-order valence-electron chi connectivity index (χ0n) is 11.3. The molecule has 3 rings (SSSR count). The minimum Gasteiger partial charge on any atom is -0.476 e. The van der Waals surface area contributed by atoms with Crippen molar-refractivity contribution in [3.63, 3.8) is 0 Å². The van der Waals surface area contributed by atoms with Crippen molar-refractivity contribution in [2.45, 2.75) is 19.4 Å². The van der Waals surface area contributed by atoms with Gasteiger partial charge in [-0.2, -0.15) is 5.10 Å². The number of aryl methyl sites for hydroxylation is 1. The summed E-state index contributed by atoms with van der Waals surface area (Å²) in [5.74, 6) is -1.06. The highest BCUT2D eigenvalue weighted by molar-refractivity contribution is 5.88. The van der Waals surface area contributed by atoms with Gasteiger partial charge in [0.2, 0.25) is 5.91 Å². The number of nitrogens with zero attached hydrogens (tertiary/aromatic N) is 3. The van der Waals surface area contributed by atoms with Gasteiger partial charge in [-0.3, -0.25) is 9.48 Å². The molecular weight excluding hydrogens is 262 g/mol. The first-order chi connectivity index (χ1) is 9.58. The standard InChI is InChI=1S/C13H17N3O4/c1-15-10-2-4-16(12(17)8-3-5-20-7-8)6-9(10)11(14-15)13(18)19/h8H,2-7H2,1H3,(H,18,19)/t8-/m1/s1. The molecule has 0 radical (unpaired) electrons. The van der Waals surface area contributed by atoms with E-state index < -0.39 is 5.97 Å². The molecule has 0 aromatic carbocycles. The first-order valence-corrected chi connectivity index (χ1v) is 6.72. The number of amides is 1. The van der Waals surface area contributed by atoms with Gasteiger partial charge in [0.1, 0.15) is 0 Å². The van der Waals surface area contributed by atoms with Gasteiger partial charge in [-0.25, -0.2) is 4.79 Å². The Bertz CT molecular complexity index is 560. The fourth-order valence-corrected chi connectivity index (χ4v) is 2.94. The first kappa shape index (κ1) is 13.1. The molecule has 1 amide bonds. The van der Waals surface area contributed by atoms with Crippen molar-refractivity contribution in [1.82, 2.24) is 14.7 Å². The van der Waals surface area contributed by atoms with Crippen LogP contribution in [0.5, 0.6) is 0 Å². The molecule has 2 aliphatic heterocycles. The second-order valence-corrected chi connectivity index (χ2v) is 5.27. The van der Waals surface area contributed by atoms with Gasteiger partial charge in [-0.15, -0.1) is 0 Å². The Morgan fingerprint density at radius 1 is 1.45 bits per heavy atom. The molecule has 1 aromatic rings. The van der Waals surface area contributed by atoms with Crippen molar-refractivity contribution in [1.29, 1.82) is 0 Å². The third-order valence-corrected chi connectivity index (χ3v) is 4.04. The summed E-state index contributed by atoms with van der Waals surface area (Å²) in [7, 11) is 1.74. The number of carbonyl (C=O) groups excluding carboxylic acids is 1. The molecule has 3 heterocycles. The van der Waals surface area contributed by atoms with E-state index in [9.17, 15) is 14.7 Å². The third kappa shape index (κ3) is 2.07. The van der Waals surface area contributed by atoms with Crippen LogP contribution in [0.1, 0.15) is 28.2 Å². The van der Waals surface area contributed by atoms with Crippen molar-refractivity contribution in [2.75, 3.05) is 19.8 Å². The number of carboxylic acid groups (broad SMARTS) is 1. The summed E-state index contributed by atoms with van der Waals surface area (Å²) in [4.78, 5) is 25.3. The van der Waals surface area contributed by atoms with Crippen LogP contribution in [0, 0.1) is 5.92 Å². The normalized spacial score (nSPS) is 21.9. The number of carbonyl (C=O) groups is 2. The second-order valence-electron chi connectivity index (χ2n) is 5.27. The minimum absolute atomic E-state index is 0.0580. The van der Waals surface area contributed by atoms with Crippen LogP contribution in [0.25, 0.3) is 0 Å². The van der Waals surface area contributed by atoms with Crippen molar-refractivity contribution in [3.05, 3.63) is 17.0 Å². The fraction of sp³-hybridized carbons (Fsp3) is 0.615. The molecule has 0 unspecified atom stereocenters. The summed E-state index contributed by atoms with van der Waals surface area (Å²) in [6.07, 6.45) is 1.40. The molecule has 20 heavy (non-hydrogen) atoms. The molecule has 0 saturated carbocycles. The van der Waals surface area contributed by atoms with E-state index in [-0.39, 0.29) is 17.5 Å². The smallest absolute Gasteiger partial charge is 0.356 e. The van der Waals surface area contributed by atoms with Crippen LogP contribution in [-0.2, 0) is 29.5 Å². The number of hydrogen-bond acceptors (Lipinski definition) is 4. The average Bonchev–Trinajstić information content (AvgIpc) is 3.06. The van der Waals surface area contributed by atoms with Crippen LogP contribution in [0.4, 0.5) is 0 Å². The van der Waals surface area contributed by atoms with Crippen molar-refractivity contribution in [2.24, 2.45) is 13.0 Å². The Morgan fingerprint density at radius 2 is 2.25 bits per heavy atom. The van der Waals surface area contributed by atoms with Crippen LogP contribution < -0.4 is 0 Å². The summed E-state index contributed by atoms with van der Waals surface area (Å²) < 4.78 is 6.86. The summed E-state index contributed by atoms with van der Waals surface area (Å²) in [5, 5.41) is 13.2. The Kier molecular flexibility index (Phi) is 3.21. The number of fused-ring (bicyclic) bond motifs is 1. The van der Waals surface area contributed by atoms with E-state index in [4.69, 9.17) is 4.74 Å². The van der Waals surface area contributed by atoms with Gasteiger partial charge in [0, 0.05) is 44.4 Å². The van der Waals surface area contributed by atoms with Gasteiger partial charge in [-0.1, -0.05) is 0 Å². The number of aromatic nitrogens is 2. The Labute approximate surface area is 116 Å². The van der Waals surface area contributed by atoms with Gasteiger partial charge in [0.25, 0.3) is 0 Å². The molecule has 2 aliphatic rings. The molecule has 7 heteroatoms. The Balaban J connectivity index is 1.83. The maximum Gasteiger partial charge on any atom is 0.356 e. The third-order valence-electron chi connectivity index (χ3n) is 4.04. The van der Waals surface area contributed by atoms with E-state index >= 15 is 0 Å². The van der Waals surface area contributed by atoms with Gasteiger partial charge in [0.05, 0.1) is 12.5 Å². The average molecular weight is 279 g/mol. The van der Waals surface area contributed by atoms with Crippen LogP contribution in [0.2, 0.25) is 0 Å². The zero-order valence-corrected chi connectivity index (χ0v) is 11.3. The Morgan fingerprint density at radius 3 is 2.90 bits per heavy atom. The van der Waals surface area contributed by atoms with Crippen LogP contribution >= 0.6 is 0 Å². The second kappa shape index (κ2) is 4.90. The van der Waals surface area contributed by atoms with Gasteiger partial charge in [-0.05, 0) is 6.42 Å². The van der Waals surface area contributed by atoms with E-state index in [0.717, 1.165) is 12.1 Å². The number of hydrogen-bond donors (Lipinski definition) is 1. The molecule has 108 valence electrons. The molecule has 7 nitrogen and oxygen atoms in total. The molecule has 1 N–H and O–H groups in total.